The van der Waals surface area contributed by atoms with Crippen molar-refractivity contribution in [2.24, 2.45) is 0 Å². The van der Waals surface area contributed by atoms with E-state index in [2.05, 4.69) is 5.32 Å². The molecular formula is C25H24N2O5S. The second-order valence-corrected chi connectivity index (χ2v) is 9.49. The van der Waals surface area contributed by atoms with Gasteiger partial charge >= 0.3 is 0 Å². The predicted molar refractivity (Wildman–Crippen MR) is 127 cm³/mol. The lowest BCUT2D eigenvalue weighted by molar-refractivity contribution is -0.116. The highest BCUT2D eigenvalue weighted by Crippen LogP contribution is 2.31. The topological polar surface area (TPSA) is 86.6 Å². The Bertz CT molecular complexity index is 1420. The molecule has 7 nitrogen and oxygen atoms in total. The summed E-state index contributed by atoms with van der Waals surface area (Å²) in [5.41, 5.74) is 2.12. The number of carbonyl (C=O) groups is 1. The van der Waals surface area contributed by atoms with Gasteiger partial charge in [0.2, 0.25) is 15.7 Å². The van der Waals surface area contributed by atoms with Crippen LogP contribution in [0.3, 0.4) is 0 Å². The molecule has 170 valence electrons. The number of methoxy groups -OCH3 is 2. The predicted octanol–water partition coefficient (Wildman–Crippen LogP) is 4.44. The number of nitrogens with zero attached hydrogens (tertiary/aromatic N) is 1. The first-order chi connectivity index (χ1) is 15.8. The van der Waals surface area contributed by atoms with E-state index in [1.807, 2.05) is 13.0 Å². The van der Waals surface area contributed by atoms with Crippen molar-refractivity contribution >= 4 is 32.3 Å². The Morgan fingerprint density at radius 1 is 0.970 bits per heavy atom. The van der Waals surface area contributed by atoms with Gasteiger partial charge in [0.05, 0.1) is 29.7 Å². The van der Waals surface area contributed by atoms with Gasteiger partial charge in [-0.15, -0.1) is 0 Å². The Morgan fingerprint density at radius 3 is 2.39 bits per heavy atom. The van der Waals surface area contributed by atoms with Gasteiger partial charge in [-0.25, -0.2) is 8.42 Å². The summed E-state index contributed by atoms with van der Waals surface area (Å²) in [4.78, 5) is 13.2. The number of sulfone groups is 1. The number of carbonyl (C=O) groups excluding carboxylic acids is 1. The van der Waals surface area contributed by atoms with Gasteiger partial charge in [0.25, 0.3) is 0 Å². The van der Waals surface area contributed by atoms with Gasteiger partial charge in [0.15, 0.2) is 0 Å². The molecule has 8 heteroatoms. The van der Waals surface area contributed by atoms with Crippen molar-refractivity contribution < 1.29 is 22.7 Å². The Morgan fingerprint density at radius 2 is 1.70 bits per heavy atom. The van der Waals surface area contributed by atoms with E-state index >= 15 is 0 Å². The van der Waals surface area contributed by atoms with Gasteiger partial charge in [-0.3, -0.25) is 4.79 Å². The molecule has 0 aliphatic rings. The van der Waals surface area contributed by atoms with E-state index in [9.17, 15) is 13.2 Å². The number of aryl methyl sites for hydroxylation is 1. The lowest BCUT2D eigenvalue weighted by Crippen LogP contribution is -2.18. The van der Waals surface area contributed by atoms with Crippen molar-refractivity contribution in [1.29, 1.82) is 0 Å². The summed E-state index contributed by atoms with van der Waals surface area (Å²) in [5.74, 6) is 0.744. The third kappa shape index (κ3) is 4.42. The molecule has 1 amide bonds. The fraction of sp³-hybridized carbons (Fsp3) is 0.160. The number of hydrogen-bond donors (Lipinski definition) is 1. The highest BCUT2D eigenvalue weighted by molar-refractivity contribution is 7.91. The maximum Gasteiger partial charge on any atom is 0.244 e. The first-order valence-corrected chi connectivity index (χ1v) is 11.7. The van der Waals surface area contributed by atoms with Crippen molar-refractivity contribution in [2.75, 3.05) is 19.5 Å². The first-order valence-electron chi connectivity index (χ1n) is 10.2. The second-order valence-electron chi connectivity index (χ2n) is 7.57. The van der Waals surface area contributed by atoms with Gasteiger partial charge in [-0.2, -0.15) is 0 Å². The molecule has 1 heterocycles. The van der Waals surface area contributed by atoms with Crippen LogP contribution in [0.4, 0.5) is 5.69 Å². The minimum atomic E-state index is -3.76. The number of anilines is 1. The van der Waals surface area contributed by atoms with Crippen LogP contribution in [0.15, 0.2) is 82.7 Å². The van der Waals surface area contributed by atoms with E-state index in [4.69, 9.17) is 9.47 Å². The largest absolute Gasteiger partial charge is 0.497 e. The summed E-state index contributed by atoms with van der Waals surface area (Å²) in [6.07, 6.45) is 1.52. The summed E-state index contributed by atoms with van der Waals surface area (Å²) in [5, 5.41) is 3.38. The van der Waals surface area contributed by atoms with Crippen molar-refractivity contribution in [2.45, 2.75) is 23.3 Å². The van der Waals surface area contributed by atoms with E-state index in [1.54, 1.807) is 72.3 Å². The zero-order valence-electron chi connectivity index (χ0n) is 18.5. The lowest BCUT2D eigenvalue weighted by atomic mass is 10.2. The number of rotatable bonds is 7. The fourth-order valence-corrected chi connectivity index (χ4v) is 5.13. The number of nitrogens with one attached hydrogen (secondary N) is 1. The van der Waals surface area contributed by atoms with Gasteiger partial charge in [-0.1, -0.05) is 35.9 Å². The van der Waals surface area contributed by atoms with Crippen LogP contribution in [0.2, 0.25) is 0 Å². The number of hydrogen-bond acceptors (Lipinski definition) is 5. The second kappa shape index (κ2) is 8.99. The molecule has 0 unspecified atom stereocenters. The quantitative estimate of drug-likeness (QED) is 0.437. The molecule has 4 rings (SSSR count). The third-order valence-corrected chi connectivity index (χ3v) is 7.17. The van der Waals surface area contributed by atoms with Gasteiger partial charge in [0.1, 0.15) is 18.0 Å². The molecule has 0 saturated heterocycles. The summed E-state index contributed by atoms with van der Waals surface area (Å²) in [6.45, 7) is 1.83. The van der Waals surface area contributed by atoms with E-state index in [1.165, 1.54) is 13.3 Å². The summed E-state index contributed by atoms with van der Waals surface area (Å²) < 4.78 is 38.9. The standard InChI is InChI=1S/C25H24N2O5S/c1-17-8-11-19(12-9-17)33(29,30)24-15-27(22-7-5-4-6-20(22)24)16-25(28)26-21-13-10-18(31-2)14-23(21)32-3/h4-15H,16H2,1-3H3,(H,26,28). The molecular weight excluding hydrogens is 440 g/mol. The third-order valence-electron chi connectivity index (χ3n) is 5.37. The van der Waals surface area contributed by atoms with Gasteiger partial charge in [-0.05, 0) is 37.3 Å². The average molecular weight is 465 g/mol. The first kappa shape index (κ1) is 22.4. The van der Waals surface area contributed by atoms with Gasteiger partial charge < -0.3 is 19.4 Å². The Labute approximate surface area is 192 Å². The average Bonchev–Trinajstić information content (AvgIpc) is 3.18. The van der Waals surface area contributed by atoms with Gasteiger partial charge in [0, 0.05) is 23.2 Å². The minimum absolute atomic E-state index is 0.0703. The summed E-state index contributed by atoms with van der Waals surface area (Å²) >= 11 is 0. The van der Waals surface area contributed by atoms with E-state index in [-0.39, 0.29) is 22.2 Å². The van der Waals surface area contributed by atoms with Crippen LogP contribution < -0.4 is 14.8 Å². The van der Waals surface area contributed by atoms with Crippen molar-refractivity contribution in [1.82, 2.24) is 4.57 Å². The molecule has 0 spiro atoms. The molecule has 3 aromatic carbocycles. The van der Waals surface area contributed by atoms with Crippen LogP contribution in [-0.2, 0) is 21.2 Å². The van der Waals surface area contributed by atoms with Crippen LogP contribution >= 0.6 is 0 Å². The smallest absolute Gasteiger partial charge is 0.244 e. The highest BCUT2D eigenvalue weighted by Gasteiger charge is 2.24. The fourth-order valence-electron chi connectivity index (χ4n) is 3.65. The SMILES string of the molecule is COc1ccc(NC(=O)Cn2cc(S(=O)(=O)c3ccc(C)cc3)c3ccccc32)c(OC)c1. The highest BCUT2D eigenvalue weighted by atomic mass is 32.2. The summed E-state index contributed by atoms with van der Waals surface area (Å²) in [6, 6.07) is 18.9. The van der Waals surface area contributed by atoms with Crippen molar-refractivity contribution in [3.05, 3.63) is 78.5 Å². The Hall–Kier alpha value is -3.78. The van der Waals surface area contributed by atoms with Crippen molar-refractivity contribution in [3.63, 3.8) is 0 Å². The number of amides is 1. The van der Waals surface area contributed by atoms with Crippen molar-refractivity contribution in [3.8, 4) is 11.5 Å². The van der Waals surface area contributed by atoms with Crippen LogP contribution in [0.5, 0.6) is 11.5 Å². The lowest BCUT2D eigenvalue weighted by Gasteiger charge is -2.12. The molecule has 1 aromatic heterocycles. The minimum Gasteiger partial charge on any atom is -0.497 e. The van der Waals surface area contributed by atoms with Crippen LogP contribution in [0.1, 0.15) is 5.56 Å². The normalized spacial score (nSPS) is 11.4. The summed E-state index contributed by atoms with van der Waals surface area (Å²) in [7, 11) is -0.707. The molecule has 4 aromatic rings. The molecule has 0 radical (unpaired) electrons. The molecule has 33 heavy (non-hydrogen) atoms. The molecule has 0 aliphatic heterocycles. The molecule has 0 saturated carbocycles. The number of benzene rings is 3. The zero-order valence-corrected chi connectivity index (χ0v) is 19.3. The number of para-hydroxylation sites is 1. The van der Waals surface area contributed by atoms with Crippen LogP contribution in [-0.4, -0.2) is 33.1 Å². The van der Waals surface area contributed by atoms with E-state index in [0.29, 0.717) is 28.1 Å². The van der Waals surface area contributed by atoms with Crippen LogP contribution in [0, 0.1) is 6.92 Å². The maximum atomic E-state index is 13.4. The van der Waals surface area contributed by atoms with Crippen LogP contribution in [0.25, 0.3) is 10.9 Å². The molecule has 0 aliphatic carbocycles. The number of aromatic nitrogens is 1. The zero-order chi connectivity index (χ0) is 23.6. The van der Waals surface area contributed by atoms with E-state index < -0.39 is 9.84 Å². The molecule has 1 N–H and O–H groups in total. The number of ether oxygens (including phenoxy) is 2. The molecule has 0 bridgehead atoms. The maximum absolute atomic E-state index is 13.4. The Balaban J connectivity index is 1.67. The molecule has 0 fully saturated rings. The monoisotopic (exact) mass is 464 g/mol. The Kier molecular flexibility index (Phi) is 6.11. The molecule has 0 atom stereocenters. The number of fused-ring (bicyclic) bond motifs is 1. The van der Waals surface area contributed by atoms with E-state index in [0.717, 1.165) is 5.56 Å².